The molecule has 19 heavy (non-hydrogen) atoms. The second-order valence-corrected chi connectivity index (χ2v) is 5.58. The van der Waals surface area contributed by atoms with E-state index in [0.717, 1.165) is 18.4 Å². The first-order chi connectivity index (χ1) is 9.12. The van der Waals surface area contributed by atoms with Crippen molar-refractivity contribution >= 4 is 11.6 Å². The summed E-state index contributed by atoms with van der Waals surface area (Å²) in [6, 6.07) is 5.29. The van der Waals surface area contributed by atoms with Crippen LogP contribution in [-0.4, -0.2) is 13.1 Å². The summed E-state index contributed by atoms with van der Waals surface area (Å²) in [7, 11) is 1.97. The molecule has 0 aliphatic carbocycles. The van der Waals surface area contributed by atoms with Crippen LogP contribution in [0.3, 0.4) is 0 Å². The number of likely N-dealkylation sites (N-methyl/N-ethyl adjacent to an activating group) is 1. The summed E-state index contributed by atoms with van der Waals surface area (Å²) in [5, 5.41) is 3.81. The van der Waals surface area contributed by atoms with Crippen LogP contribution in [0.25, 0.3) is 0 Å². The lowest BCUT2D eigenvalue weighted by atomic mass is 9.87. The number of rotatable bonds is 8. The van der Waals surface area contributed by atoms with Gasteiger partial charge in [0.15, 0.2) is 0 Å². The van der Waals surface area contributed by atoms with Crippen molar-refractivity contribution in [1.29, 1.82) is 0 Å². The average Bonchev–Trinajstić information content (AvgIpc) is 2.40. The Morgan fingerprint density at radius 1 is 1.32 bits per heavy atom. The summed E-state index contributed by atoms with van der Waals surface area (Å²) >= 11 is 5.79. The number of hydrogen-bond acceptors (Lipinski definition) is 1. The third-order valence-electron chi connectivity index (χ3n) is 3.85. The first-order valence-corrected chi connectivity index (χ1v) is 7.61. The van der Waals surface area contributed by atoms with Crippen molar-refractivity contribution < 1.29 is 4.39 Å². The van der Waals surface area contributed by atoms with Crippen LogP contribution in [0.1, 0.15) is 45.1 Å². The monoisotopic (exact) mass is 285 g/mol. The Kier molecular flexibility index (Phi) is 7.40. The van der Waals surface area contributed by atoms with Gasteiger partial charge in [0.25, 0.3) is 0 Å². The number of benzene rings is 1. The van der Waals surface area contributed by atoms with Gasteiger partial charge in [-0.05, 0) is 43.5 Å². The average molecular weight is 286 g/mol. The van der Waals surface area contributed by atoms with Crippen molar-refractivity contribution in [2.75, 3.05) is 7.05 Å². The third kappa shape index (κ3) is 5.12. The zero-order valence-electron chi connectivity index (χ0n) is 12.2. The fourth-order valence-corrected chi connectivity index (χ4v) is 2.74. The summed E-state index contributed by atoms with van der Waals surface area (Å²) in [5.74, 6) is 0.401. The first kappa shape index (κ1) is 16.5. The van der Waals surface area contributed by atoms with Crippen LogP contribution >= 0.6 is 11.6 Å². The van der Waals surface area contributed by atoms with Gasteiger partial charge in [-0.15, -0.1) is 0 Å². The van der Waals surface area contributed by atoms with Crippen molar-refractivity contribution in [2.24, 2.45) is 5.92 Å². The van der Waals surface area contributed by atoms with Crippen LogP contribution < -0.4 is 5.32 Å². The molecule has 0 fully saturated rings. The van der Waals surface area contributed by atoms with Crippen molar-refractivity contribution in [1.82, 2.24) is 5.32 Å². The van der Waals surface area contributed by atoms with Gasteiger partial charge in [-0.25, -0.2) is 4.39 Å². The molecule has 3 heteroatoms. The molecule has 1 rings (SSSR count). The molecule has 0 aromatic heterocycles. The van der Waals surface area contributed by atoms with Gasteiger partial charge in [-0.1, -0.05) is 50.8 Å². The van der Waals surface area contributed by atoms with E-state index in [1.165, 1.54) is 25.3 Å². The molecule has 0 radical (unpaired) electrons. The third-order valence-corrected chi connectivity index (χ3v) is 4.08. The molecule has 2 atom stereocenters. The minimum absolute atomic E-state index is 0.196. The van der Waals surface area contributed by atoms with Gasteiger partial charge < -0.3 is 5.32 Å². The zero-order chi connectivity index (χ0) is 14.3. The molecule has 0 bridgehead atoms. The normalized spacial score (nSPS) is 14.4. The van der Waals surface area contributed by atoms with E-state index < -0.39 is 0 Å². The van der Waals surface area contributed by atoms with E-state index in [0.29, 0.717) is 17.0 Å². The molecule has 1 nitrogen and oxygen atoms in total. The summed E-state index contributed by atoms with van der Waals surface area (Å²) in [6.45, 7) is 4.42. The van der Waals surface area contributed by atoms with Crippen molar-refractivity contribution in [2.45, 2.75) is 52.0 Å². The van der Waals surface area contributed by atoms with Crippen LogP contribution in [0.2, 0.25) is 5.02 Å². The quantitative estimate of drug-likeness (QED) is 0.722. The second kappa shape index (κ2) is 8.55. The van der Waals surface area contributed by atoms with Gasteiger partial charge >= 0.3 is 0 Å². The minimum atomic E-state index is -0.196. The molecular weight excluding hydrogens is 261 g/mol. The Hall–Kier alpha value is -0.600. The van der Waals surface area contributed by atoms with Crippen LogP contribution in [0.5, 0.6) is 0 Å². The maximum Gasteiger partial charge on any atom is 0.127 e. The maximum atomic E-state index is 13.9. The molecule has 0 heterocycles. The molecular formula is C16H25ClFN. The zero-order valence-corrected chi connectivity index (χ0v) is 12.9. The Bertz CT molecular complexity index is 381. The Labute approximate surface area is 121 Å². The molecule has 1 aromatic carbocycles. The fourth-order valence-electron chi connectivity index (χ4n) is 2.58. The molecule has 0 saturated heterocycles. The van der Waals surface area contributed by atoms with E-state index in [-0.39, 0.29) is 5.82 Å². The van der Waals surface area contributed by atoms with Gasteiger partial charge in [0.2, 0.25) is 0 Å². The van der Waals surface area contributed by atoms with Gasteiger partial charge in [0.1, 0.15) is 5.82 Å². The predicted octanol–water partition coefficient (Wildman–Crippen LogP) is 4.83. The van der Waals surface area contributed by atoms with E-state index >= 15 is 0 Å². The fraction of sp³-hybridized carbons (Fsp3) is 0.625. The van der Waals surface area contributed by atoms with Crippen LogP contribution in [0.15, 0.2) is 18.2 Å². The lowest BCUT2D eigenvalue weighted by Gasteiger charge is -2.26. The summed E-state index contributed by atoms with van der Waals surface area (Å²) < 4.78 is 13.9. The van der Waals surface area contributed by atoms with Gasteiger partial charge in [-0.3, -0.25) is 0 Å². The van der Waals surface area contributed by atoms with Gasteiger partial charge in [0, 0.05) is 11.1 Å². The molecule has 0 saturated carbocycles. The van der Waals surface area contributed by atoms with Crippen molar-refractivity contribution in [3.63, 3.8) is 0 Å². The molecule has 0 amide bonds. The molecule has 1 aromatic rings. The molecule has 0 aliphatic rings. The molecule has 108 valence electrons. The predicted molar refractivity (Wildman–Crippen MR) is 81.3 cm³/mol. The molecule has 0 aliphatic heterocycles. The van der Waals surface area contributed by atoms with Crippen LogP contribution in [-0.2, 0) is 6.42 Å². The SMILES string of the molecule is CCCCC(CC)C(Cc1ccc(Cl)cc1F)NC. The van der Waals surface area contributed by atoms with E-state index in [9.17, 15) is 4.39 Å². The highest BCUT2D eigenvalue weighted by atomic mass is 35.5. The summed E-state index contributed by atoms with van der Waals surface area (Å²) in [4.78, 5) is 0. The van der Waals surface area contributed by atoms with Gasteiger partial charge in [0.05, 0.1) is 0 Å². The molecule has 2 unspecified atom stereocenters. The number of halogens is 2. The van der Waals surface area contributed by atoms with Gasteiger partial charge in [-0.2, -0.15) is 0 Å². The Morgan fingerprint density at radius 3 is 2.58 bits per heavy atom. The molecule has 0 spiro atoms. The van der Waals surface area contributed by atoms with Crippen LogP contribution in [0, 0.1) is 11.7 Å². The van der Waals surface area contributed by atoms with Crippen molar-refractivity contribution in [3.8, 4) is 0 Å². The first-order valence-electron chi connectivity index (χ1n) is 7.23. The van der Waals surface area contributed by atoms with E-state index in [1.54, 1.807) is 12.1 Å². The minimum Gasteiger partial charge on any atom is -0.316 e. The number of unbranched alkanes of at least 4 members (excludes halogenated alkanes) is 1. The Morgan fingerprint density at radius 2 is 2.05 bits per heavy atom. The van der Waals surface area contributed by atoms with Crippen molar-refractivity contribution in [3.05, 3.63) is 34.6 Å². The maximum absolute atomic E-state index is 13.9. The van der Waals surface area contributed by atoms with E-state index in [4.69, 9.17) is 11.6 Å². The smallest absolute Gasteiger partial charge is 0.127 e. The Balaban J connectivity index is 2.73. The largest absolute Gasteiger partial charge is 0.316 e. The second-order valence-electron chi connectivity index (χ2n) is 5.15. The summed E-state index contributed by atoms with van der Waals surface area (Å²) in [6.07, 6.45) is 5.50. The lowest BCUT2D eigenvalue weighted by molar-refractivity contribution is 0.328. The standard InChI is InChI=1S/C16H25ClFN/c1-4-6-7-12(5-2)16(19-3)10-13-8-9-14(17)11-15(13)18/h8-9,11-12,16,19H,4-7,10H2,1-3H3. The lowest BCUT2D eigenvalue weighted by Crippen LogP contribution is -2.35. The highest BCUT2D eigenvalue weighted by Crippen LogP contribution is 2.22. The highest BCUT2D eigenvalue weighted by Gasteiger charge is 2.19. The van der Waals surface area contributed by atoms with Crippen LogP contribution in [0.4, 0.5) is 4.39 Å². The topological polar surface area (TPSA) is 12.0 Å². The molecule has 1 N–H and O–H groups in total. The van der Waals surface area contributed by atoms with E-state index in [1.807, 2.05) is 7.05 Å². The summed E-state index contributed by atoms with van der Waals surface area (Å²) in [5.41, 5.74) is 0.749. The number of nitrogens with one attached hydrogen (secondary N) is 1. The number of hydrogen-bond donors (Lipinski definition) is 1. The van der Waals surface area contributed by atoms with E-state index in [2.05, 4.69) is 19.2 Å². The highest BCUT2D eigenvalue weighted by molar-refractivity contribution is 6.30.